The molecule has 0 rings (SSSR count). The second kappa shape index (κ2) is 4.73. The average Bonchev–Trinajstić information content (AvgIpc) is 1.82. The first-order valence-corrected chi connectivity index (χ1v) is 4.51. The van der Waals surface area contributed by atoms with Gasteiger partial charge in [0.15, 0.2) is 5.12 Å². The molecule has 0 saturated carbocycles. The Morgan fingerprint density at radius 2 is 2.20 bits per heavy atom. The number of halogens is 1. The molecule has 0 aromatic rings. The van der Waals surface area contributed by atoms with Gasteiger partial charge in [0.05, 0.1) is 0 Å². The van der Waals surface area contributed by atoms with Gasteiger partial charge in [0.2, 0.25) is 5.91 Å². The molecule has 0 spiro atoms. The van der Waals surface area contributed by atoms with E-state index in [0.717, 1.165) is 11.8 Å². The van der Waals surface area contributed by atoms with E-state index in [1.54, 1.807) is 0 Å². The first-order valence-electron chi connectivity index (χ1n) is 2.60. The summed E-state index contributed by atoms with van der Waals surface area (Å²) in [7, 11) is 0. The molecular formula is C5H8BrNO2S. The molecular weight excluding hydrogens is 218 g/mol. The Kier molecular flexibility index (Phi) is 4.72. The Hall–Kier alpha value is -0.0300. The maximum atomic E-state index is 10.4. The molecule has 0 aliphatic heterocycles. The molecule has 0 bridgehead atoms. The van der Waals surface area contributed by atoms with E-state index in [-0.39, 0.29) is 5.12 Å². The average molecular weight is 226 g/mol. The summed E-state index contributed by atoms with van der Waals surface area (Å²) in [6.07, 6.45) is 0. The van der Waals surface area contributed by atoms with Crippen LogP contribution in [0.15, 0.2) is 0 Å². The number of hydrogen-bond acceptors (Lipinski definition) is 3. The lowest BCUT2D eigenvalue weighted by Gasteiger charge is -2.00. The summed E-state index contributed by atoms with van der Waals surface area (Å²) in [4.78, 5) is 20.3. The van der Waals surface area contributed by atoms with Crippen LogP contribution in [0.3, 0.4) is 0 Å². The van der Waals surface area contributed by atoms with Crippen molar-refractivity contribution in [1.82, 2.24) is 0 Å². The molecule has 0 fully saturated rings. The minimum absolute atomic E-state index is 0.00861. The molecule has 0 aliphatic carbocycles. The summed E-state index contributed by atoms with van der Waals surface area (Å²) in [5.74, 6) is -0.0289. The smallest absolute Gasteiger partial charge is 0.232 e. The minimum Gasteiger partial charge on any atom is -0.369 e. The first-order chi connectivity index (χ1) is 4.54. The number of thioether (sulfide) groups is 1. The zero-order valence-corrected chi connectivity index (χ0v) is 7.87. The fourth-order valence-electron chi connectivity index (χ4n) is 0.273. The van der Waals surface area contributed by atoms with Crippen molar-refractivity contribution in [3.05, 3.63) is 0 Å². The Labute approximate surface area is 71.9 Å². The van der Waals surface area contributed by atoms with Gasteiger partial charge in [-0.2, -0.15) is 0 Å². The van der Waals surface area contributed by atoms with Gasteiger partial charge < -0.3 is 5.73 Å². The summed E-state index contributed by atoms with van der Waals surface area (Å²) < 4.78 is 0. The lowest BCUT2D eigenvalue weighted by molar-refractivity contribution is -0.117. The zero-order valence-electron chi connectivity index (χ0n) is 5.46. The second-order valence-electron chi connectivity index (χ2n) is 1.67. The molecule has 2 N–H and O–H groups in total. The lowest BCUT2D eigenvalue weighted by atomic mass is 10.5. The van der Waals surface area contributed by atoms with Crippen molar-refractivity contribution in [3.8, 4) is 0 Å². The molecule has 0 radical (unpaired) electrons. The SMILES string of the molecule is CC(=O)SC[C@H](Br)C(N)=O. The highest BCUT2D eigenvalue weighted by molar-refractivity contribution is 9.10. The predicted octanol–water partition coefficient (Wildman–Crippen LogP) is 0.515. The largest absolute Gasteiger partial charge is 0.369 e. The highest BCUT2D eigenvalue weighted by atomic mass is 79.9. The number of primary amides is 1. The normalized spacial score (nSPS) is 12.6. The summed E-state index contributed by atoms with van der Waals surface area (Å²) in [5, 5.41) is -0.00861. The van der Waals surface area contributed by atoms with Crippen molar-refractivity contribution >= 4 is 38.7 Å². The number of nitrogens with two attached hydrogens (primary N) is 1. The van der Waals surface area contributed by atoms with Gasteiger partial charge in [0.1, 0.15) is 4.83 Å². The van der Waals surface area contributed by atoms with E-state index in [0.29, 0.717) is 5.75 Å². The van der Waals surface area contributed by atoms with Crippen LogP contribution in [0, 0.1) is 0 Å². The third-order valence-corrected chi connectivity index (χ3v) is 2.85. The monoisotopic (exact) mass is 225 g/mol. The van der Waals surface area contributed by atoms with E-state index >= 15 is 0 Å². The topological polar surface area (TPSA) is 60.2 Å². The number of carbonyl (C=O) groups excluding carboxylic acids is 2. The fourth-order valence-corrected chi connectivity index (χ4v) is 1.21. The molecule has 10 heavy (non-hydrogen) atoms. The Morgan fingerprint density at radius 1 is 1.70 bits per heavy atom. The summed E-state index contributed by atoms with van der Waals surface area (Å²) in [5.41, 5.74) is 4.91. The van der Waals surface area contributed by atoms with Crippen LogP contribution in [0.1, 0.15) is 6.92 Å². The van der Waals surface area contributed by atoms with Crippen molar-refractivity contribution in [2.45, 2.75) is 11.8 Å². The Morgan fingerprint density at radius 3 is 2.50 bits per heavy atom. The van der Waals surface area contributed by atoms with Crippen molar-refractivity contribution in [2.75, 3.05) is 5.75 Å². The van der Waals surface area contributed by atoms with Crippen LogP contribution in [0.4, 0.5) is 0 Å². The number of carbonyl (C=O) groups is 2. The van der Waals surface area contributed by atoms with Crippen molar-refractivity contribution in [3.63, 3.8) is 0 Å². The Bertz CT molecular complexity index is 151. The maximum Gasteiger partial charge on any atom is 0.232 e. The molecule has 0 aliphatic rings. The molecule has 0 unspecified atom stereocenters. The van der Waals surface area contributed by atoms with Crippen LogP contribution in [0.2, 0.25) is 0 Å². The van der Waals surface area contributed by atoms with Gasteiger partial charge in [-0.15, -0.1) is 0 Å². The third kappa shape index (κ3) is 4.81. The third-order valence-electron chi connectivity index (χ3n) is 0.742. The van der Waals surface area contributed by atoms with Gasteiger partial charge in [0, 0.05) is 12.7 Å². The Balaban J connectivity index is 3.49. The van der Waals surface area contributed by atoms with E-state index < -0.39 is 10.7 Å². The molecule has 1 atom stereocenters. The molecule has 58 valence electrons. The quantitative estimate of drug-likeness (QED) is 0.713. The van der Waals surface area contributed by atoms with Gasteiger partial charge >= 0.3 is 0 Å². The fraction of sp³-hybridized carbons (Fsp3) is 0.600. The number of amides is 1. The van der Waals surface area contributed by atoms with Gasteiger partial charge in [-0.1, -0.05) is 27.7 Å². The van der Waals surface area contributed by atoms with Crippen LogP contribution in [-0.2, 0) is 9.59 Å². The van der Waals surface area contributed by atoms with Gasteiger partial charge in [-0.05, 0) is 0 Å². The zero-order chi connectivity index (χ0) is 8.15. The van der Waals surface area contributed by atoms with Crippen molar-refractivity contribution in [1.29, 1.82) is 0 Å². The van der Waals surface area contributed by atoms with Crippen LogP contribution in [0.5, 0.6) is 0 Å². The number of hydrogen-bond donors (Lipinski definition) is 1. The van der Waals surface area contributed by atoms with E-state index in [2.05, 4.69) is 15.9 Å². The molecule has 0 saturated heterocycles. The van der Waals surface area contributed by atoms with Crippen LogP contribution < -0.4 is 5.73 Å². The summed E-state index contributed by atoms with van der Waals surface area (Å²) in [6.45, 7) is 1.45. The molecule has 0 heterocycles. The molecule has 0 aromatic carbocycles. The van der Waals surface area contributed by atoms with Crippen molar-refractivity contribution in [2.24, 2.45) is 5.73 Å². The lowest BCUT2D eigenvalue weighted by Crippen LogP contribution is -2.25. The van der Waals surface area contributed by atoms with Crippen LogP contribution in [0.25, 0.3) is 0 Å². The van der Waals surface area contributed by atoms with Gasteiger partial charge in [-0.3, -0.25) is 9.59 Å². The molecule has 3 nitrogen and oxygen atoms in total. The molecule has 5 heteroatoms. The second-order valence-corrected chi connectivity index (χ2v) is 3.97. The summed E-state index contributed by atoms with van der Waals surface area (Å²) in [6, 6.07) is 0. The number of alkyl halides is 1. The van der Waals surface area contributed by atoms with E-state index in [1.807, 2.05) is 0 Å². The summed E-state index contributed by atoms with van der Waals surface area (Å²) >= 11 is 4.10. The van der Waals surface area contributed by atoms with E-state index in [4.69, 9.17) is 5.73 Å². The first kappa shape index (κ1) is 9.97. The highest BCUT2D eigenvalue weighted by Gasteiger charge is 2.10. The van der Waals surface area contributed by atoms with Gasteiger partial charge in [-0.25, -0.2) is 0 Å². The molecule has 0 aromatic heterocycles. The van der Waals surface area contributed by atoms with E-state index in [1.165, 1.54) is 6.92 Å². The van der Waals surface area contributed by atoms with Crippen molar-refractivity contribution < 1.29 is 9.59 Å². The molecule has 1 amide bonds. The van der Waals surface area contributed by atoms with Gasteiger partial charge in [0.25, 0.3) is 0 Å². The highest BCUT2D eigenvalue weighted by Crippen LogP contribution is 2.09. The minimum atomic E-state index is -0.436. The maximum absolute atomic E-state index is 10.4. The predicted molar refractivity (Wildman–Crippen MR) is 45.0 cm³/mol. The number of rotatable bonds is 3. The van der Waals surface area contributed by atoms with Crippen LogP contribution in [-0.4, -0.2) is 21.6 Å². The standard InChI is InChI=1S/C5H8BrNO2S/c1-3(8)10-2-4(6)5(7)9/h4H,2H2,1H3,(H2,7,9)/t4-/m0/s1. The van der Waals surface area contributed by atoms with Crippen LogP contribution >= 0.6 is 27.7 Å². The van der Waals surface area contributed by atoms with E-state index in [9.17, 15) is 9.59 Å².